The molecule has 6 aromatic carbocycles. The minimum atomic E-state index is -5.39. The molecule has 0 atom stereocenters. The quantitative estimate of drug-likeness (QED) is 0.0177. The summed E-state index contributed by atoms with van der Waals surface area (Å²) >= 11 is 0. The van der Waals surface area contributed by atoms with E-state index in [0.29, 0.717) is 11.4 Å². The van der Waals surface area contributed by atoms with Crippen LogP contribution in [0.1, 0.15) is 161 Å². The molecule has 0 amide bonds. The Bertz CT molecular complexity index is 9530. The minimum absolute atomic E-state index is 0.00565. The van der Waals surface area contributed by atoms with Crippen molar-refractivity contribution in [1.29, 1.82) is 0 Å². The number of hydrogen-bond acceptors (Lipinski definition) is 18. The Labute approximate surface area is 808 Å². The second-order valence-corrected chi connectivity index (χ2v) is 33.4. The standard InChI is InChI=1S/6C14H21N3O2S/c6*1-15-20(18,19)10-11-4-5-14-13(8-11)12(9-16-14)6-7-17(2)3/h6*4-5,8-9,15-16H,6-7,10H2,1-3H3/i2D3,3D3,4D,5D,7D2,8D,9D,10D2;1D3,2D3,3D3,4D,5D,8D,9D,10D2;2D3,4D,5D,7D2,8D,9D,10D2;1D3,2D3,4D,5D,8D,9D,10D2;4D,5D,7D2,8D,9D,10D2;1D3,4D,5D,8D,9D,10D2. The fourth-order valence-electron chi connectivity index (χ4n) is 9.29. The molecule has 12 N–H and O–H groups in total. The third-order valence-electron chi connectivity index (χ3n) is 14.9. The van der Waals surface area contributed by atoms with Gasteiger partial charge in [0.15, 0.2) is 0 Å². The van der Waals surface area contributed by atoms with Gasteiger partial charge in [0, 0.05) is 203 Å². The van der Waals surface area contributed by atoms with Crippen molar-refractivity contribution in [2.75, 3.05) is 165 Å². The number of aryl methyl sites for hydroxylation is 3. The zero-order valence-electron chi connectivity index (χ0n) is 133. The van der Waals surface area contributed by atoms with Gasteiger partial charge in [0.25, 0.3) is 0 Å². The highest BCUT2D eigenvalue weighted by atomic mass is 32.2. The molecule has 0 radical (unpaired) electrons. The van der Waals surface area contributed by atoms with Crippen LogP contribution in [-0.2, 0) is 133 Å². The van der Waals surface area contributed by atoms with Crippen molar-refractivity contribution in [2.45, 2.75) is 72.8 Å². The molecule has 30 nitrogen and oxygen atoms in total. The molecule has 6 aromatic heterocycles. The Morgan fingerprint density at radius 2 is 0.483 bits per heavy atom. The summed E-state index contributed by atoms with van der Waals surface area (Å²) in [6.45, 7) is -36.0. The van der Waals surface area contributed by atoms with Gasteiger partial charge in [0.05, 0.1) is 67.1 Å². The number of rotatable bonds is 36. The van der Waals surface area contributed by atoms with E-state index in [1.807, 2.05) is 9.62 Å². The fourth-order valence-corrected chi connectivity index (χ4v) is 12.0. The second-order valence-electron chi connectivity index (χ2n) is 24.3. The van der Waals surface area contributed by atoms with Crippen LogP contribution >= 0.6 is 0 Å². The van der Waals surface area contributed by atoms with E-state index in [0.717, 1.165) is 37.8 Å². The molecule has 0 spiro atoms. The topological polar surface area (TPSA) is 391 Å². The number of aromatic nitrogens is 6. The monoisotopic (exact) mass is 1840 g/mol. The summed E-state index contributed by atoms with van der Waals surface area (Å²) in [6, 6.07) is -14.5. The maximum atomic E-state index is 12.5. The fraction of sp³-hybridized carbons (Fsp3) is 0.429. The average Bonchev–Trinajstić information content (AvgIpc) is 1.57. The second kappa shape index (κ2) is 45.2. The van der Waals surface area contributed by atoms with E-state index in [2.05, 4.69) is 29.9 Å². The molecule has 12 aromatic rings. The summed E-state index contributed by atoms with van der Waals surface area (Å²) in [7, 11) is -18.3. The van der Waals surface area contributed by atoms with Crippen molar-refractivity contribution in [1.82, 2.24) is 87.6 Å². The van der Waals surface area contributed by atoms with Gasteiger partial charge in [0.2, 0.25) is 60.1 Å². The van der Waals surface area contributed by atoms with Crippen LogP contribution in [-0.4, -0.2) is 275 Å². The number of likely N-dealkylation sites (N-methyl/N-ethyl adjacent to an activating group) is 6. The van der Waals surface area contributed by atoms with E-state index in [4.69, 9.17) is 94.6 Å². The Morgan fingerprint density at radius 3 is 0.700 bits per heavy atom. The van der Waals surface area contributed by atoms with Gasteiger partial charge in [-0.25, -0.2) is 78.8 Å². The van der Waals surface area contributed by atoms with Crippen molar-refractivity contribution in [2.24, 2.45) is 0 Å². The Kier molecular flexibility index (Phi) is 14.8. The summed E-state index contributed by atoms with van der Waals surface area (Å²) in [5, 5.41) is -1.59. The van der Waals surface area contributed by atoms with Crippen molar-refractivity contribution < 1.29 is 145 Å². The lowest BCUT2D eigenvalue weighted by Crippen LogP contribution is -2.20. The molecule has 6 heterocycles. The summed E-state index contributed by atoms with van der Waals surface area (Å²) in [5.74, 6) is 0. The molecule has 36 heteroatoms. The van der Waals surface area contributed by atoms with Crippen molar-refractivity contribution >= 4 is 126 Å². The van der Waals surface area contributed by atoms with Crippen LogP contribution in [0.5, 0.6) is 0 Å². The maximum Gasteiger partial charge on any atom is 0.215 e. The third-order valence-corrected chi connectivity index (χ3v) is 20.2. The Morgan fingerprint density at radius 1 is 0.275 bits per heavy atom. The van der Waals surface area contributed by atoms with Crippen LogP contribution in [0.3, 0.4) is 0 Å². The molecule has 660 valence electrons. The highest BCUT2D eigenvalue weighted by Crippen LogP contribution is 2.28. The molecule has 0 saturated carbocycles. The average molecular weight is 1840 g/mol. The highest BCUT2D eigenvalue weighted by Gasteiger charge is 2.19. The largest absolute Gasteiger partial charge is 0.361 e. The summed E-state index contributed by atoms with van der Waals surface area (Å²) in [6.07, 6.45) is -4.84. The zero-order chi connectivity index (χ0) is 148. The van der Waals surface area contributed by atoms with Gasteiger partial charge in [-0.15, -0.1) is 0 Å². The molecule has 0 fully saturated rings. The molecule has 120 heavy (non-hydrogen) atoms. The van der Waals surface area contributed by atoms with Gasteiger partial charge < -0.3 is 59.3 Å². The van der Waals surface area contributed by atoms with Gasteiger partial charge in [-0.1, -0.05) is 36.3 Å². The molecule has 0 unspecified atom stereocenters. The Balaban J connectivity index is 0.000000302. The van der Waals surface area contributed by atoms with Crippen LogP contribution in [0, 0.1) is 0 Å². The maximum absolute atomic E-state index is 12.5. The van der Waals surface area contributed by atoms with Crippen LogP contribution in [0.4, 0.5) is 0 Å². The molecular weight excluding hydrogens is 1650 g/mol. The van der Waals surface area contributed by atoms with E-state index >= 15 is 0 Å². The lowest BCUT2D eigenvalue weighted by Gasteiger charge is -2.08. The predicted molar refractivity (Wildman–Crippen MR) is 493 cm³/mol. The highest BCUT2D eigenvalue weighted by molar-refractivity contribution is 7.90. The number of hydrogen-bond donors (Lipinski definition) is 12. The van der Waals surface area contributed by atoms with E-state index in [-0.39, 0.29) is 137 Å². The molecule has 0 aliphatic rings. The van der Waals surface area contributed by atoms with Gasteiger partial charge in [0.1, 0.15) is 0 Å². The van der Waals surface area contributed by atoms with Gasteiger partial charge in [-0.05, 0) is 304 Å². The molecule has 0 aliphatic heterocycles. The predicted octanol–water partition coefficient (Wildman–Crippen LogP) is 7.93. The van der Waals surface area contributed by atoms with E-state index in [1.54, 1.807) is 23.5 Å². The molecule has 0 bridgehead atoms. The van der Waals surface area contributed by atoms with Gasteiger partial charge >= 0.3 is 0 Å². The number of sulfonamides is 6. The van der Waals surface area contributed by atoms with Crippen LogP contribution in [0.15, 0.2) is 146 Å². The number of fused-ring (bicyclic) bond motifs is 6. The summed E-state index contributed by atoms with van der Waals surface area (Å²) < 4.78 is 695. The van der Waals surface area contributed by atoms with E-state index in [1.165, 1.54) is 35.5 Å². The molecule has 12 rings (SSSR count). The Hall–Kier alpha value is -8.22. The van der Waals surface area contributed by atoms with Crippen LogP contribution in [0.2, 0.25) is 0 Å². The minimum Gasteiger partial charge on any atom is -0.361 e. The van der Waals surface area contributed by atoms with Gasteiger partial charge in [-0.2, -0.15) is 0 Å². The van der Waals surface area contributed by atoms with E-state index in [9.17, 15) is 50.5 Å². The summed E-state index contributed by atoms with van der Waals surface area (Å²) in [4.78, 5) is 19.2. The lowest BCUT2D eigenvalue weighted by atomic mass is 10.1. The first-order valence-electron chi connectivity index (χ1n) is 68.0. The van der Waals surface area contributed by atoms with Gasteiger partial charge in [-0.3, -0.25) is 0 Å². The van der Waals surface area contributed by atoms with Crippen LogP contribution < -0.4 is 28.3 Å². The summed E-state index contributed by atoms with van der Waals surface area (Å²) in [5.41, 5.74) is -28.5. The number of nitrogens with one attached hydrogen (secondary N) is 12. The van der Waals surface area contributed by atoms with Crippen molar-refractivity contribution in [3.63, 3.8) is 0 Å². The van der Waals surface area contributed by atoms with Crippen LogP contribution in [0.25, 0.3) is 65.4 Å². The molecule has 0 aliphatic carbocycles. The SMILES string of the molecule is [2H]c1[nH]c2c([2H])c([2H])c(C([2H])([2H])S(=O)(=O)NC([2H])([2H])[2H])c([2H])c2c1CCN(C([2H])([2H])[2H])C([2H])([2H])[2H].[2H]c1[nH]c2c([2H])c([2H])c(C([2H])([2H])S(=O)(=O)NC([2H])([2H])[2H])c([2H])c2c1CCN(C)C.[2H]c1[nH]c2c([2H])c([2H])c(C([2H])([2H])S(=O)(=O)NC([2H])([2H])[2H])c([2H])c2c1CCN(C)C([2H])([2H])[2H].[2H]c1[nH]c2c([2H])c([2H])c(C([2H])([2H])S(=O)(=O)NC)c([2H])c2c1CC([2H])([2H])N(C([2H])([2H])[2H])C([2H])([2H])[2H].[2H]c1[nH]c2c([2H])c([2H])c(C([2H])([2H])S(=O)(=O)NC)c([2H])c2c1CC([2H])([2H])N(C)C.[2H]c1[nH]c2c([2H])c([2H])c(C([2H])([2H])S(=O)(=O)NC)c([2H])c2c1CC([2H])([2H])N(C)C([2H])([2H])[2H]. The van der Waals surface area contributed by atoms with Crippen molar-refractivity contribution in [3.8, 4) is 0 Å². The number of H-pyrrole nitrogens is 6. The van der Waals surface area contributed by atoms with Crippen molar-refractivity contribution in [3.05, 3.63) is 213 Å². The first kappa shape index (κ1) is 39.3. The molecule has 0 saturated heterocycles. The number of benzene rings is 6. The number of nitrogens with zero attached hydrogens (tertiary/aromatic N) is 6. The third kappa shape index (κ3) is 31.9. The zero-order valence-corrected chi connectivity index (χ0v) is 69.3. The first-order chi connectivity index (χ1) is 84.1. The lowest BCUT2D eigenvalue weighted by molar-refractivity contribution is 0.414. The van der Waals surface area contributed by atoms with E-state index < -0.39 is 379 Å². The smallest absolute Gasteiger partial charge is 0.215 e. The normalized spacial score (nSPS) is 22.8. The molecular formula is C84H126N18O12S6. The number of aromatic amines is 6. The first-order valence-corrected chi connectivity index (χ1v) is 42.4.